The lowest BCUT2D eigenvalue weighted by Crippen LogP contribution is -2.48. The van der Waals surface area contributed by atoms with Crippen molar-refractivity contribution in [2.24, 2.45) is 0 Å². The Hall–Kier alpha value is -3.33. The number of carbonyl (C=O) groups is 2. The van der Waals surface area contributed by atoms with Crippen LogP contribution in [0.2, 0.25) is 5.02 Å². The molecule has 5 rings (SSSR count). The van der Waals surface area contributed by atoms with Gasteiger partial charge in [0.2, 0.25) is 5.91 Å². The summed E-state index contributed by atoms with van der Waals surface area (Å²) in [6, 6.07) is 24.9. The molecule has 2 amide bonds. The van der Waals surface area contributed by atoms with Gasteiger partial charge in [-0.1, -0.05) is 59.8 Å². The van der Waals surface area contributed by atoms with Crippen LogP contribution in [0.25, 0.3) is 11.3 Å². The molecule has 0 saturated carbocycles. The number of carbonyl (C=O) groups excluding carboxylic acids is 2. The van der Waals surface area contributed by atoms with E-state index < -0.39 is 0 Å². The first-order valence-corrected chi connectivity index (χ1v) is 14.1. The first-order chi connectivity index (χ1) is 18.0. The Bertz CT molecular complexity index is 1370. The highest BCUT2D eigenvalue weighted by Crippen LogP contribution is 2.28. The summed E-state index contributed by atoms with van der Waals surface area (Å²) in [5.74, 6) is 0.237. The smallest absolute Gasteiger partial charge is 0.254 e. The van der Waals surface area contributed by atoms with Gasteiger partial charge in [-0.05, 0) is 42.5 Å². The second-order valence-corrected chi connectivity index (χ2v) is 11.1. The molecule has 2 heterocycles. The van der Waals surface area contributed by atoms with Crippen LogP contribution in [0, 0.1) is 0 Å². The fourth-order valence-electron chi connectivity index (χ4n) is 4.12. The van der Waals surface area contributed by atoms with E-state index in [1.165, 1.54) is 11.8 Å². The van der Waals surface area contributed by atoms with E-state index in [0.717, 1.165) is 40.1 Å². The summed E-state index contributed by atoms with van der Waals surface area (Å²) in [7, 11) is 0. The van der Waals surface area contributed by atoms with Gasteiger partial charge in [-0.25, -0.2) is 4.98 Å². The van der Waals surface area contributed by atoms with Crippen molar-refractivity contribution in [1.82, 2.24) is 9.88 Å². The number of thiazole rings is 1. The highest BCUT2D eigenvalue weighted by molar-refractivity contribution is 8.01. The minimum Gasteiger partial charge on any atom is -0.368 e. The fourth-order valence-corrected chi connectivity index (χ4v) is 5.94. The Morgan fingerprint density at radius 2 is 1.70 bits per heavy atom. The standard InChI is InChI=1S/C28H25ClN4O2S2/c29-22-8-4-7-21(17-22)27(35)33-15-13-32(14-16-33)24-11-9-23(10-12-24)30-26(34)19-37-28-31-25(18-36-28)20-5-2-1-3-6-20/h1-12,17-18H,13-16,19H2,(H,30,34). The van der Waals surface area contributed by atoms with Gasteiger partial charge < -0.3 is 15.1 Å². The molecule has 0 bridgehead atoms. The molecule has 4 aromatic rings. The summed E-state index contributed by atoms with van der Waals surface area (Å²) in [6.45, 7) is 2.77. The first-order valence-electron chi connectivity index (χ1n) is 11.9. The number of hydrogen-bond acceptors (Lipinski definition) is 6. The quantitative estimate of drug-likeness (QED) is 0.280. The van der Waals surface area contributed by atoms with E-state index >= 15 is 0 Å². The van der Waals surface area contributed by atoms with Crippen LogP contribution >= 0.6 is 34.7 Å². The molecule has 6 nitrogen and oxygen atoms in total. The Morgan fingerprint density at radius 1 is 0.946 bits per heavy atom. The third kappa shape index (κ3) is 6.52. The molecule has 3 aromatic carbocycles. The number of nitrogens with zero attached hydrogens (tertiary/aromatic N) is 3. The average molecular weight is 549 g/mol. The number of hydrogen-bond donors (Lipinski definition) is 1. The van der Waals surface area contributed by atoms with Crippen LogP contribution in [-0.2, 0) is 4.79 Å². The minimum absolute atomic E-state index is 0.00659. The number of thioether (sulfide) groups is 1. The summed E-state index contributed by atoms with van der Waals surface area (Å²) < 4.78 is 0.873. The third-order valence-electron chi connectivity index (χ3n) is 6.03. The van der Waals surface area contributed by atoms with Crippen molar-refractivity contribution in [2.75, 3.05) is 42.1 Å². The number of piperazine rings is 1. The predicted molar refractivity (Wildman–Crippen MR) is 153 cm³/mol. The van der Waals surface area contributed by atoms with E-state index in [1.807, 2.05) is 64.9 Å². The maximum absolute atomic E-state index is 12.8. The lowest BCUT2D eigenvalue weighted by molar-refractivity contribution is -0.113. The van der Waals surface area contributed by atoms with Crippen LogP contribution in [0.4, 0.5) is 11.4 Å². The molecule has 1 aromatic heterocycles. The SMILES string of the molecule is O=C(CSc1nc(-c2ccccc2)cs1)Nc1ccc(N2CCN(C(=O)c3cccc(Cl)c3)CC2)cc1. The van der Waals surface area contributed by atoms with Gasteiger partial charge in [0.05, 0.1) is 11.4 Å². The summed E-state index contributed by atoms with van der Waals surface area (Å²) >= 11 is 9.02. The van der Waals surface area contributed by atoms with Gasteiger partial charge in [0, 0.05) is 59.1 Å². The van der Waals surface area contributed by atoms with Crippen molar-refractivity contribution in [1.29, 1.82) is 0 Å². The minimum atomic E-state index is -0.0673. The Labute approximate surface area is 229 Å². The van der Waals surface area contributed by atoms with Crippen molar-refractivity contribution < 1.29 is 9.59 Å². The zero-order valence-electron chi connectivity index (χ0n) is 20.0. The topological polar surface area (TPSA) is 65.5 Å². The van der Waals surface area contributed by atoms with Crippen LogP contribution in [-0.4, -0.2) is 53.6 Å². The number of nitrogens with one attached hydrogen (secondary N) is 1. The van der Waals surface area contributed by atoms with Crippen molar-refractivity contribution >= 4 is 57.9 Å². The van der Waals surface area contributed by atoms with E-state index in [4.69, 9.17) is 11.6 Å². The Morgan fingerprint density at radius 3 is 2.43 bits per heavy atom. The average Bonchev–Trinajstić information content (AvgIpc) is 3.42. The van der Waals surface area contributed by atoms with Crippen LogP contribution < -0.4 is 10.2 Å². The molecule has 1 saturated heterocycles. The third-order valence-corrected chi connectivity index (χ3v) is 8.29. The second kappa shape index (κ2) is 11.8. The zero-order chi connectivity index (χ0) is 25.6. The Kier molecular flexibility index (Phi) is 8.08. The molecule has 1 N–H and O–H groups in total. The zero-order valence-corrected chi connectivity index (χ0v) is 22.4. The number of rotatable bonds is 7. The number of amides is 2. The molecule has 9 heteroatoms. The molecule has 188 valence electrons. The lowest BCUT2D eigenvalue weighted by Gasteiger charge is -2.36. The van der Waals surface area contributed by atoms with Crippen molar-refractivity contribution in [3.63, 3.8) is 0 Å². The molecular formula is C28H25ClN4O2S2. The van der Waals surface area contributed by atoms with E-state index in [2.05, 4.69) is 15.2 Å². The van der Waals surface area contributed by atoms with Gasteiger partial charge in [-0.15, -0.1) is 11.3 Å². The molecule has 0 radical (unpaired) electrons. The molecule has 37 heavy (non-hydrogen) atoms. The van der Waals surface area contributed by atoms with Gasteiger partial charge in [-0.2, -0.15) is 0 Å². The van der Waals surface area contributed by atoms with Crippen molar-refractivity contribution in [3.05, 3.63) is 94.8 Å². The largest absolute Gasteiger partial charge is 0.368 e. The normalized spacial score (nSPS) is 13.4. The molecule has 0 spiro atoms. The van der Waals surface area contributed by atoms with Gasteiger partial charge in [0.15, 0.2) is 4.34 Å². The van der Waals surface area contributed by atoms with Crippen molar-refractivity contribution in [3.8, 4) is 11.3 Å². The van der Waals surface area contributed by atoms with Crippen LogP contribution in [0.3, 0.4) is 0 Å². The van der Waals surface area contributed by atoms with Crippen LogP contribution in [0.5, 0.6) is 0 Å². The van der Waals surface area contributed by atoms with E-state index in [9.17, 15) is 9.59 Å². The Balaban J connectivity index is 1.09. The molecule has 0 aliphatic carbocycles. The number of halogens is 1. The van der Waals surface area contributed by atoms with E-state index in [1.54, 1.807) is 35.6 Å². The molecule has 0 atom stereocenters. The van der Waals surface area contributed by atoms with Crippen molar-refractivity contribution in [2.45, 2.75) is 4.34 Å². The first kappa shape index (κ1) is 25.3. The molecule has 0 unspecified atom stereocenters. The van der Waals surface area contributed by atoms with Gasteiger partial charge >= 0.3 is 0 Å². The maximum Gasteiger partial charge on any atom is 0.254 e. The highest BCUT2D eigenvalue weighted by atomic mass is 35.5. The van der Waals surface area contributed by atoms with E-state index in [-0.39, 0.29) is 11.8 Å². The van der Waals surface area contributed by atoms with E-state index in [0.29, 0.717) is 29.4 Å². The van der Waals surface area contributed by atoms with Gasteiger partial charge in [0.25, 0.3) is 5.91 Å². The summed E-state index contributed by atoms with van der Waals surface area (Å²) in [5.41, 5.74) is 4.44. The highest BCUT2D eigenvalue weighted by Gasteiger charge is 2.22. The molecule has 1 aliphatic rings. The maximum atomic E-state index is 12.8. The molecular weight excluding hydrogens is 524 g/mol. The summed E-state index contributed by atoms with van der Waals surface area (Å²) in [4.78, 5) is 34.0. The summed E-state index contributed by atoms with van der Waals surface area (Å²) in [5, 5.41) is 5.54. The number of anilines is 2. The van der Waals surface area contributed by atoms with Gasteiger partial charge in [-0.3, -0.25) is 9.59 Å². The number of aromatic nitrogens is 1. The lowest BCUT2D eigenvalue weighted by atomic mass is 10.1. The summed E-state index contributed by atoms with van der Waals surface area (Å²) in [6.07, 6.45) is 0. The van der Waals surface area contributed by atoms with Crippen LogP contribution in [0.15, 0.2) is 88.6 Å². The van der Waals surface area contributed by atoms with Crippen LogP contribution in [0.1, 0.15) is 10.4 Å². The van der Waals surface area contributed by atoms with Gasteiger partial charge in [0.1, 0.15) is 0 Å². The number of benzene rings is 3. The predicted octanol–water partition coefficient (Wildman–Crippen LogP) is 6.16. The fraction of sp³-hybridized carbons (Fsp3) is 0.179. The molecule has 1 fully saturated rings. The monoisotopic (exact) mass is 548 g/mol. The molecule has 1 aliphatic heterocycles. The second-order valence-electron chi connectivity index (χ2n) is 8.54.